The molecule has 0 heterocycles. The zero-order valence-corrected chi connectivity index (χ0v) is 19.0. The van der Waals surface area contributed by atoms with Gasteiger partial charge in [0.05, 0.1) is 5.57 Å². The molecule has 1 unspecified atom stereocenters. The Bertz CT molecular complexity index is 707. The van der Waals surface area contributed by atoms with E-state index in [2.05, 4.69) is 37.7 Å². The molecular formula is C26H37N3. The van der Waals surface area contributed by atoms with E-state index in [1.54, 1.807) is 0 Å². The number of anilines is 1. The number of unbranched alkanes of at least 4 members (excludes halogenated alkanes) is 2. The van der Waals surface area contributed by atoms with Gasteiger partial charge in [0.25, 0.3) is 0 Å². The molecule has 0 aliphatic carbocycles. The Morgan fingerprint density at radius 1 is 1.00 bits per heavy atom. The highest BCUT2D eigenvalue weighted by Crippen LogP contribution is 2.24. The predicted octanol–water partition coefficient (Wildman–Crippen LogP) is 6.97. The highest BCUT2D eigenvalue weighted by Gasteiger charge is 2.14. The van der Waals surface area contributed by atoms with E-state index in [-0.39, 0.29) is 11.1 Å². The van der Waals surface area contributed by atoms with Crippen molar-refractivity contribution in [2.75, 3.05) is 18.0 Å². The van der Waals surface area contributed by atoms with Crippen molar-refractivity contribution in [3.8, 4) is 24.5 Å². The lowest BCUT2D eigenvalue weighted by Gasteiger charge is -2.29. The van der Waals surface area contributed by atoms with Gasteiger partial charge >= 0.3 is 0 Å². The van der Waals surface area contributed by atoms with Gasteiger partial charge in [-0.3, -0.25) is 0 Å². The van der Waals surface area contributed by atoms with Crippen LogP contribution in [0.25, 0.3) is 5.57 Å². The monoisotopic (exact) mass is 391 g/mol. The van der Waals surface area contributed by atoms with Crippen LogP contribution in [0.3, 0.4) is 0 Å². The maximum atomic E-state index is 9.38. The predicted molar refractivity (Wildman–Crippen MR) is 125 cm³/mol. The molecule has 0 aliphatic rings. The number of rotatable bonds is 11. The van der Waals surface area contributed by atoms with Crippen LogP contribution in [-0.4, -0.2) is 13.1 Å². The minimum atomic E-state index is 0.0821. The van der Waals surface area contributed by atoms with E-state index in [0.29, 0.717) is 11.5 Å². The van der Waals surface area contributed by atoms with E-state index < -0.39 is 0 Å². The lowest BCUT2D eigenvalue weighted by atomic mass is 9.97. The summed E-state index contributed by atoms with van der Waals surface area (Å²) < 4.78 is 0. The summed E-state index contributed by atoms with van der Waals surface area (Å²) in [6.45, 7) is 12.8. The minimum absolute atomic E-state index is 0.0821. The summed E-state index contributed by atoms with van der Waals surface area (Å²) in [7, 11) is 0. The third-order valence-corrected chi connectivity index (χ3v) is 4.94. The third-order valence-electron chi connectivity index (χ3n) is 4.94. The molecule has 0 radical (unpaired) electrons. The van der Waals surface area contributed by atoms with E-state index >= 15 is 0 Å². The average molecular weight is 392 g/mol. The first-order valence-electron chi connectivity index (χ1n) is 11.0. The first-order valence-corrected chi connectivity index (χ1v) is 11.0. The second kappa shape index (κ2) is 16.3. The van der Waals surface area contributed by atoms with Crippen molar-refractivity contribution >= 4 is 11.3 Å². The van der Waals surface area contributed by atoms with E-state index in [1.807, 2.05) is 44.2 Å². The van der Waals surface area contributed by atoms with Crippen LogP contribution in [0.5, 0.6) is 0 Å². The Kier molecular flexibility index (Phi) is 14.8. The van der Waals surface area contributed by atoms with E-state index in [4.69, 9.17) is 11.7 Å². The third kappa shape index (κ3) is 8.89. The molecule has 1 aromatic carbocycles. The van der Waals surface area contributed by atoms with E-state index in [1.165, 1.54) is 31.4 Å². The molecule has 0 aromatic heterocycles. The summed E-state index contributed by atoms with van der Waals surface area (Å²) in [5, 5.41) is 18.5. The number of allylic oxidation sites excluding steroid dienone is 2. The first kappa shape index (κ1) is 26.3. The van der Waals surface area contributed by atoms with Crippen LogP contribution in [-0.2, 0) is 0 Å². The summed E-state index contributed by atoms with van der Waals surface area (Å²) in [6.07, 6.45) is 12.6. The van der Waals surface area contributed by atoms with Crippen LogP contribution in [0.2, 0.25) is 0 Å². The molecule has 0 saturated heterocycles. The van der Waals surface area contributed by atoms with Gasteiger partial charge in [-0.2, -0.15) is 10.5 Å². The molecule has 156 valence electrons. The average Bonchev–Trinajstić information content (AvgIpc) is 2.78. The van der Waals surface area contributed by atoms with Crippen molar-refractivity contribution in [1.29, 1.82) is 10.5 Å². The molecule has 0 saturated carbocycles. The summed E-state index contributed by atoms with van der Waals surface area (Å²) in [5.74, 6) is 3.00. The van der Waals surface area contributed by atoms with Crippen molar-refractivity contribution in [2.45, 2.75) is 73.1 Å². The molecule has 1 aromatic rings. The Balaban J connectivity index is 0.00000379. The number of terminal acetylenes is 1. The molecule has 3 nitrogen and oxygen atoms in total. The molecule has 0 fully saturated rings. The van der Waals surface area contributed by atoms with Crippen LogP contribution in [0.15, 0.2) is 29.8 Å². The highest BCUT2D eigenvalue weighted by atomic mass is 15.1. The number of benzene rings is 1. The molecule has 0 N–H and O–H groups in total. The Morgan fingerprint density at radius 3 is 2.07 bits per heavy atom. The van der Waals surface area contributed by atoms with Crippen LogP contribution in [0, 0.1) is 40.9 Å². The standard InChI is InChI=1S/C24H31N3.C2H6/c1-5-9-11-20(7-3)19-27(16-10-6-2)23-14-12-22(13-15-23)24(18-26)21(8-4)17-25;1-2/h4,12-15,20H,5-7,9-11,16,19H2,1-3H3;1-2H3/b24-21+;. The quantitative estimate of drug-likeness (QED) is 0.302. The molecular weight excluding hydrogens is 354 g/mol. The van der Waals surface area contributed by atoms with Gasteiger partial charge in [-0.1, -0.05) is 78.4 Å². The largest absolute Gasteiger partial charge is 0.371 e. The summed E-state index contributed by atoms with van der Waals surface area (Å²) in [6, 6.07) is 11.9. The van der Waals surface area contributed by atoms with Gasteiger partial charge < -0.3 is 4.90 Å². The molecule has 1 rings (SSSR count). The molecule has 0 spiro atoms. The Labute approximate surface area is 179 Å². The molecule has 0 amide bonds. The van der Waals surface area contributed by atoms with Crippen molar-refractivity contribution in [1.82, 2.24) is 0 Å². The zero-order valence-electron chi connectivity index (χ0n) is 19.0. The van der Waals surface area contributed by atoms with Gasteiger partial charge in [-0.25, -0.2) is 0 Å². The highest BCUT2D eigenvalue weighted by molar-refractivity contribution is 5.85. The van der Waals surface area contributed by atoms with Crippen molar-refractivity contribution in [2.24, 2.45) is 5.92 Å². The Hall–Kier alpha value is -2.70. The fourth-order valence-corrected chi connectivity index (χ4v) is 3.17. The maximum absolute atomic E-state index is 9.38. The van der Waals surface area contributed by atoms with Gasteiger partial charge in [0.2, 0.25) is 0 Å². The summed E-state index contributed by atoms with van der Waals surface area (Å²) >= 11 is 0. The summed E-state index contributed by atoms with van der Waals surface area (Å²) in [4.78, 5) is 2.46. The first-order chi connectivity index (χ1) is 14.1. The van der Waals surface area contributed by atoms with Crippen molar-refractivity contribution in [3.63, 3.8) is 0 Å². The van der Waals surface area contributed by atoms with Crippen LogP contribution in [0.4, 0.5) is 5.69 Å². The van der Waals surface area contributed by atoms with Gasteiger partial charge in [0.15, 0.2) is 0 Å². The SMILES string of the molecule is C#C/C(C#N)=C(/C#N)c1ccc(N(CCCC)CC(CC)CCCC)cc1.CC. The topological polar surface area (TPSA) is 50.8 Å². The lowest BCUT2D eigenvalue weighted by Crippen LogP contribution is -2.30. The smallest absolute Gasteiger partial charge is 0.120 e. The van der Waals surface area contributed by atoms with Crippen molar-refractivity contribution in [3.05, 3.63) is 35.4 Å². The lowest BCUT2D eigenvalue weighted by molar-refractivity contribution is 0.444. The number of hydrogen-bond donors (Lipinski definition) is 0. The number of hydrogen-bond acceptors (Lipinski definition) is 3. The number of nitrogens with zero attached hydrogens (tertiary/aromatic N) is 3. The second-order valence-corrected chi connectivity index (χ2v) is 6.88. The van der Waals surface area contributed by atoms with Gasteiger partial charge in [0, 0.05) is 18.8 Å². The molecule has 1 atom stereocenters. The van der Waals surface area contributed by atoms with Gasteiger partial charge in [-0.05, 0) is 36.5 Å². The zero-order chi connectivity index (χ0) is 22.1. The van der Waals surface area contributed by atoms with E-state index in [0.717, 1.165) is 25.9 Å². The Morgan fingerprint density at radius 2 is 1.62 bits per heavy atom. The minimum Gasteiger partial charge on any atom is -0.371 e. The van der Waals surface area contributed by atoms with Gasteiger partial charge in [-0.15, -0.1) is 6.42 Å². The van der Waals surface area contributed by atoms with Crippen LogP contribution >= 0.6 is 0 Å². The van der Waals surface area contributed by atoms with Crippen molar-refractivity contribution < 1.29 is 0 Å². The van der Waals surface area contributed by atoms with Crippen LogP contribution in [0.1, 0.15) is 78.7 Å². The normalized spacial score (nSPS) is 11.7. The fraction of sp³-hybridized carbons (Fsp3) is 0.538. The molecule has 29 heavy (non-hydrogen) atoms. The number of nitriles is 2. The van der Waals surface area contributed by atoms with Crippen LogP contribution < -0.4 is 4.90 Å². The van der Waals surface area contributed by atoms with Gasteiger partial charge in [0.1, 0.15) is 17.7 Å². The molecule has 0 aliphatic heterocycles. The maximum Gasteiger partial charge on any atom is 0.120 e. The van der Waals surface area contributed by atoms with E-state index in [9.17, 15) is 5.26 Å². The fourth-order valence-electron chi connectivity index (χ4n) is 3.17. The second-order valence-electron chi connectivity index (χ2n) is 6.88. The molecule has 0 bridgehead atoms. The summed E-state index contributed by atoms with van der Waals surface area (Å²) in [5.41, 5.74) is 2.21. The molecule has 3 heteroatoms.